The number of ether oxygens (including phenoxy) is 2. The molecule has 29 heavy (non-hydrogen) atoms. The van der Waals surface area contributed by atoms with E-state index in [-0.39, 0.29) is 11.5 Å². The number of benzene rings is 3. The smallest absolute Gasteiger partial charge is 0.352 e. The third-order valence-electron chi connectivity index (χ3n) is 4.05. The van der Waals surface area contributed by atoms with E-state index in [4.69, 9.17) is 14.7 Å². The average Bonchev–Trinajstić information content (AvgIpc) is 2.74. The second-order valence-corrected chi connectivity index (χ2v) is 6.18. The van der Waals surface area contributed by atoms with Gasteiger partial charge in [0.15, 0.2) is 11.9 Å². The molecule has 5 nitrogen and oxygen atoms in total. The van der Waals surface area contributed by atoms with Gasteiger partial charge >= 0.3 is 5.97 Å². The summed E-state index contributed by atoms with van der Waals surface area (Å²) in [6, 6.07) is 19.7. The normalized spacial score (nSPS) is 11.2. The maximum Gasteiger partial charge on any atom is 0.352 e. The van der Waals surface area contributed by atoms with Crippen molar-refractivity contribution < 1.29 is 23.5 Å². The van der Waals surface area contributed by atoms with Gasteiger partial charge in [0.1, 0.15) is 17.3 Å². The first-order valence-electron chi connectivity index (χ1n) is 8.75. The van der Waals surface area contributed by atoms with E-state index in [0.717, 1.165) is 0 Å². The Kier molecular flexibility index (Phi) is 6.00. The van der Waals surface area contributed by atoms with Crippen LogP contribution in [0.4, 0.5) is 4.39 Å². The van der Waals surface area contributed by atoms with E-state index in [0.29, 0.717) is 22.4 Å². The number of nitriles is 1. The molecule has 0 fully saturated rings. The summed E-state index contributed by atoms with van der Waals surface area (Å²) < 4.78 is 23.8. The van der Waals surface area contributed by atoms with Crippen molar-refractivity contribution in [2.45, 2.75) is 13.0 Å². The van der Waals surface area contributed by atoms with Crippen LogP contribution in [0.1, 0.15) is 28.4 Å². The van der Waals surface area contributed by atoms with E-state index in [9.17, 15) is 14.0 Å². The van der Waals surface area contributed by atoms with E-state index >= 15 is 0 Å². The number of esters is 1. The molecule has 0 saturated heterocycles. The van der Waals surface area contributed by atoms with Crippen LogP contribution in [0.25, 0.3) is 0 Å². The van der Waals surface area contributed by atoms with Crippen molar-refractivity contribution in [3.05, 3.63) is 95.3 Å². The minimum atomic E-state index is -0.899. The summed E-state index contributed by atoms with van der Waals surface area (Å²) in [7, 11) is 0. The Morgan fingerprint density at radius 3 is 2.17 bits per heavy atom. The zero-order chi connectivity index (χ0) is 20.8. The summed E-state index contributed by atoms with van der Waals surface area (Å²) in [5, 5.41) is 8.91. The van der Waals surface area contributed by atoms with Crippen LogP contribution in [0.2, 0.25) is 0 Å². The molecule has 0 aliphatic carbocycles. The SMILES string of the molecule is CC(Oc1cccc(C#N)c1)C(=O)Oc1ccc(C(=O)c2ccc(F)cc2)cc1. The molecule has 144 valence electrons. The van der Waals surface area contributed by atoms with Gasteiger partial charge in [-0.1, -0.05) is 6.07 Å². The predicted molar refractivity (Wildman–Crippen MR) is 103 cm³/mol. The van der Waals surface area contributed by atoms with Crippen LogP contribution in [-0.2, 0) is 4.79 Å². The van der Waals surface area contributed by atoms with Crippen LogP contribution >= 0.6 is 0 Å². The third kappa shape index (κ3) is 5.05. The quantitative estimate of drug-likeness (QED) is 0.357. The summed E-state index contributed by atoms with van der Waals surface area (Å²) in [5.41, 5.74) is 1.16. The molecule has 0 saturated carbocycles. The molecule has 0 heterocycles. The van der Waals surface area contributed by atoms with Gasteiger partial charge in [-0.05, 0) is 73.7 Å². The van der Waals surface area contributed by atoms with Crippen LogP contribution in [0, 0.1) is 17.1 Å². The first-order valence-corrected chi connectivity index (χ1v) is 8.75. The van der Waals surface area contributed by atoms with Crippen molar-refractivity contribution in [1.82, 2.24) is 0 Å². The second kappa shape index (κ2) is 8.81. The van der Waals surface area contributed by atoms with Gasteiger partial charge in [-0.2, -0.15) is 5.26 Å². The lowest BCUT2D eigenvalue weighted by Crippen LogP contribution is -2.28. The molecular formula is C23H16FNO4. The molecule has 3 aromatic rings. The van der Waals surface area contributed by atoms with Crippen LogP contribution in [-0.4, -0.2) is 17.9 Å². The van der Waals surface area contributed by atoms with Crippen LogP contribution in [0.3, 0.4) is 0 Å². The lowest BCUT2D eigenvalue weighted by atomic mass is 10.0. The van der Waals surface area contributed by atoms with Gasteiger partial charge in [-0.3, -0.25) is 4.79 Å². The van der Waals surface area contributed by atoms with Gasteiger partial charge in [0, 0.05) is 11.1 Å². The fourth-order valence-electron chi connectivity index (χ4n) is 2.53. The Labute approximate surface area is 166 Å². The highest BCUT2D eigenvalue weighted by atomic mass is 19.1. The molecule has 0 bridgehead atoms. The molecule has 0 aliphatic heterocycles. The molecule has 0 aromatic heterocycles. The van der Waals surface area contributed by atoms with Crippen LogP contribution in [0.15, 0.2) is 72.8 Å². The standard InChI is InChI=1S/C23H16FNO4/c1-15(28-21-4-2-3-16(13-21)14-25)23(27)29-20-11-7-18(8-12-20)22(26)17-5-9-19(24)10-6-17/h2-13,15H,1H3. The predicted octanol–water partition coefficient (Wildman–Crippen LogP) is 4.30. The molecule has 1 atom stereocenters. The zero-order valence-corrected chi connectivity index (χ0v) is 15.5. The molecular weight excluding hydrogens is 373 g/mol. The van der Waals surface area contributed by atoms with Gasteiger partial charge < -0.3 is 9.47 Å². The maximum absolute atomic E-state index is 13.0. The molecule has 0 spiro atoms. The van der Waals surface area contributed by atoms with Crippen LogP contribution in [0.5, 0.6) is 11.5 Å². The zero-order valence-electron chi connectivity index (χ0n) is 15.5. The fraction of sp³-hybridized carbons (Fsp3) is 0.0870. The number of hydrogen-bond donors (Lipinski definition) is 0. The highest BCUT2D eigenvalue weighted by Crippen LogP contribution is 2.18. The Hall–Kier alpha value is -3.98. The molecule has 0 aliphatic rings. The monoisotopic (exact) mass is 389 g/mol. The Balaban J connectivity index is 1.62. The Morgan fingerprint density at radius 1 is 0.931 bits per heavy atom. The molecule has 6 heteroatoms. The van der Waals surface area contributed by atoms with Crippen molar-refractivity contribution in [3.63, 3.8) is 0 Å². The van der Waals surface area contributed by atoms with Gasteiger partial charge in [0.2, 0.25) is 0 Å². The Morgan fingerprint density at radius 2 is 1.55 bits per heavy atom. The summed E-state index contributed by atoms with van der Waals surface area (Å²) in [4.78, 5) is 24.6. The van der Waals surface area contributed by atoms with Crippen molar-refractivity contribution in [2.24, 2.45) is 0 Å². The molecule has 3 aromatic carbocycles. The topological polar surface area (TPSA) is 76.4 Å². The van der Waals surface area contributed by atoms with E-state index < -0.39 is 17.9 Å². The summed E-state index contributed by atoms with van der Waals surface area (Å²) in [6.45, 7) is 1.54. The molecule has 3 rings (SSSR count). The first kappa shape index (κ1) is 19.8. The van der Waals surface area contributed by atoms with Crippen molar-refractivity contribution in [1.29, 1.82) is 5.26 Å². The summed E-state index contributed by atoms with van der Waals surface area (Å²) >= 11 is 0. The Bertz CT molecular complexity index is 1070. The van der Waals surface area contributed by atoms with Crippen molar-refractivity contribution in [2.75, 3.05) is 0 Å². The fourth-order valence-corrected chi connectivity index (χ4v) is 2.53. The van der Waals surface area contributed by atoms with E-state index in [1.54, 1.807) is 18.2 Å². The summed E-state index contributed by atoms with van der Waals surface area (Å²) in [6.07, 6.45) is -0.899. The number of ketones is 1. The van der Waals surface area contributed by atoms with Gasteiger partial charge in [0.05, 0.1) is 11.6 Å². The summed E-state index contributed by atoms with van der Waals surface area (Å²) in [5.74, 6) is -0.665. The number of hydrogen-bond acceptors (Lipinski definition) is 5. The number of halogens is 1. The molecule has 0 radical (unpaired) electrons. The average molecular weight is 389 g/mol. The van der Waals surface area contributed by atoms with Gasteiger partial charge in [0.25, 0.3) is 0 Å². The number of carbonyl (C=O) groups is 2. The highest BCUT2D eigenvalue weighted by molar-refractivity contribution is 6.09. The van der Waals surface area contributed by atoms with Crippen molar-refractivity contribution >= 4 is 11.8 Å². The molecule has 0 amide bonds. The van der Waals surface area contributed by atoms with Crippen LogP contribution < -0.4 is 9.47 Å². The van der Waals surface area contributed by atoms with E-state index in [1.807, 2.05) is 6.07 Å². The number of nitrogens with zero attached hydrogens (tertiary/aromatic N) is 1. The minimum absolute atomic E-state index is 0.256. The maximum atomic E-state index is 13.0. The van der Waals surface area contributed by atoms with Gasteiger partial charge in [-0.15, -0.1) is 0 Å². The largest absolute Gasteiger partial charge is 0.479 e. The molecule has 1 unspecified atom stereocenters. The third-order valence-corrected chi connectivity index (χ3v) is 4.05. The first-order chi connectivity index (χ1) is 14.0. The number of rotatable bonds is 6. The number of carbonyl (C=O) groups excluding carboxylic acids is 2. The van der Waals surface area contributed by atoms with E-state index in [2.05, 4.69) is 0 Å². The van der Waals surface area contributed by atoms with E-state index in [1.165, 1.54) is 61.5 Å². The lowest BCUT2D eigenvalue weighted by Gasteiger charge is -2.14. The molecule has 0 N–H and O–H groups in total. The van der Waals surface area contributed by atoms with Gasteiger partial charge in [-0.25, -0.2) is 9.18 Å². The van der Waals surface area contributed by atoms with Crippen molar-refractivity contribution in [3.8, 4) is 17.6 Å². The minimum Gasteiger partial charge on any atom is -0.479 e. The second-order valence-electron chi connectivity index (χ2n) is 6.18. The lowest BCUT2D eigenvalue weighted by molar-refractivity contribution is -0.141. The highest BCUT2D eigenvalue weighted by Gasteiger charge is 2.18.